The zero-order valence-corrected chi connectivity index (χ0v) is 12.9. The molecule has 1 aliphatic rings. The number of anilines is 1. The molecule has 1 aliphatic heterocycles. The second-order valence-electron chi connectivity index (χ2n) is 5.73. The van der Waals surface area contributed by atoms with E-state index < -0.39 is 0 Å². The molecule has 0 amide bonds. The first-order valence-corrected chi connectivity index (χ1v) is 6.91. The zero-order chi connectivity index (χ0) is 15.6. The van der Waals surface area contributed by atoms with Crippen molar-refractivity contribution in [3.63, 3.8) is 0 Å². The van der Waals surface area contributed by atoms with Crippen molar-refractivity contribution in [2.24, 2.45) is 7.05 Å². The van der Waals surface area contributed by atoms with Crippen molar-refractivity contribution in [3.05, 3.63) is 28.4 Å². The minimum absolute atomic E-state index is 0.0447. The monoisotopic (exact) mass is 296 g/mol. The Bertz CT molecular complexity index is 533. The minimum atomic E-state index is -0.389. The maximum Gasteiger partial charge on any atom is 0.501 e. The van der Waals surface area contributed by atoms with Gasteiger partial charge < -0.3 is 14.4 Å². The smallest absolute Gasteiger partial charge is 0.376 e. The van der Waals surface area contributed by atoms with Gasteiger partial charge in [0.2, 0.25) is 0 Å². The second kappa shape index (κ2) is 5.95. The lowest BCUT2D eigenvalue weighted by atomic mass is 9.99. The van der Waals surface area contributed by atoms with Crippen molar-refractivity contribution in [2.75, 3.05) is 31.7 Å². The number of rotatable bonds is 4. The van der Waals surface area contributed by atoms with Crippen LogP contribution in [-0.2, 0) is 16.5 Å². The van der Waals surface area contributed by atoms with E-state index in [1.165, 1.54) is 10.6 Å². The Morgan fingerprint density at radius 3 is 2.81 bits per heavy atom. The number of nitro groups is 1. The van der Waals surface area contributed by atoms with Gasteiger partial charge in [-0.05, 0) is 19.9 Å². The third-order valence-corrected chi connectivity index (χ3v) is 4.01. The Kier molecular flexibility index (Phi) is 4.43. The highest BCUT2D eigenvalue weighted by Gasteiger charge is 2.35. The summed E-state index contributed by atoms with van der Waals surface area (Å²) in [4.78, 5) is 12.6. The van der Waals surface area contributed by atoms with Crippen LogP contribution in [0.15, 0.2) is 18.3 Å². The first-order chi connectivity index (χ1) is 9.85. The number of ether oxygens (including phenoxy) is 2. The first kappa shape index (κ1) is 15.7. The summed E-state index contributed by atoms with van der Waals surface area (Å²) < 4.78 is 12.8. The molecule has 1 aromatic rings. The van der Waals surface area contributed by atoms with Gasteiger partial charge in [-0.2, -0.15) is 0 Å². The van der Waals surface area contributed by atoms with Gasteiger partial charge in [0.05, 0.1) is 18.3 Å². The van der Waals surface area contributed by atoms with Crippen LogP contribution >= 0.6 is 0 Å². The minimum Gasteiger partial charge on any atom is -0.376 e. The van der Waals surface area contributed by atoms with E-state index in [-0.39, 0.29) is 22.4 Å². The summed E-state index contributed by atoms with van der Waals surface area (Å²) in [5.41, 5.74) is 0.574. The van der Waals surface area contributed by atoms with Crippen LogP contribution in [-0.4, -0.2) is 43.4 Å². The van der Waals surface area contributed by atoms with E-state index in [0.717, 1.165) is 12.2 Å². The maximum atomic E-state index is 10.9. The first-order valence-electron chi connectivity index (χ1n) is 6.91. The van der Waals surface area contributed by atoms with Crippen molar-refractivity contribution < 1.29 is 19.0 Å². The molecule has 0 saturated carbocycles. The standard InChI is InChI=1S/C14H22N3O4/c1-14(2,20-4)12-10-16(7-8-21-12)11-5-6-13(17(18)19)15(3)9-11/h5-6,9,12H,7-8,10H2,1-4H3/q+1. The van der Waals surface area contributed by atoms with Crippen LogP contribution in [0.5, 0.6) is 0 Å². The summed E-state index contributed by atoms with van der Waals surface area (Å²) in [6, 6.07) is 3.31. The summed E-state index contributed by atoms with van der Waals surface area (Å²) in [7, 11) is 3.35. The Labute approximate surface area is 124 Å². The molecule has 0 spiro atoms. The number of morpholine rings is 1. The molecule has 0 aromatic carbocycles. The molecule has 21 heavy (non-hydrogen) atoms. The van der Waals surface area contributed by atoms with Crippen molar-refractivity contribution in [3.8, 4) is 0 Å². The average molecular weight is 296 g/mol. The third-order valence-electron chi connectivity index (χ3n) is 4.01. The van der Waals surface area contributed by atoms with E-state index in [4.69, 9.17) is 9.47 Å². The number of hydrogen-bond donors (Lipinski definition) is 0. The molecule has 1 aromatic heterocycles. The van der Waals surface area contributed by atoms with Crippen molar-refractivity contribution in [1.82, 2.24) is 0 Å². The number of methoxy groups -OCH3 is 1. The van der Waals surface area contributed by atoms with Gasteiger partial charge >= 0.3 is 5.82 Å². The van der Waals surface area contributed by atoms with Gasteiger partial charge in [0.15, 0.2) is 6.20 Å². The summed E-state index contributed by atoms with van der Waals surface area (Å²) in [6.45, 7) is 6.05. The quantitative estimate of drug-likeness (QED) is 0.472. The molecule has 0 bridgehead atoms. The van der Waals surface area contributed by atoms with E-state index >= 15 is 0 Å². The van der Waals surface area contributed by atoms with E-state index in [1.807, 2.05) is 13.8 Å². The summed E-state index contributed by atoms with van der Waals surface area (Å²) in [5, 5.41) is 10.9. The Hall–Kier alpha value is -1.73. The number of aromatic nitrogens is 1. The Morgan fingerprint density at radius 1 is 1.52 bits per heavy atom. The van der Waals surface area contributed by atoms with Crippen LogP contribution in [0.25, 0.3) is 0 Å². The molecule has 7 heteroatoms. The summed E-state index contributed by atoms with van der Waals surface area (Å²) in [5.74, 6) is 0.0702. The zero-order valence-electron chi connectivity index (χ0n) is 12.9. The van der Waals surface area contributed by atoms with Gasteiger partial charge in [-0.1, -0.05) is 0 Å². The fourth-order valence-electron chi connectivity index (χ4n) is 2.40. The van der Waals surface area contributed by atoms with Gasteiger partial charge in [0.25, 0.3) is 0 Å². The lowest BCUT2D eigenvalue weighted by Crippen LogP contribution is -2.53. The van der Waals surface area contributed by atoms with Crippen LogP contribution in [0.2, 0.25) is 0 Å². The van der Waals surface area contributed by atoms with E-state index in [9.17, 15) is 10.1 Å². The molecule has 0 radical (unpaired) electrons. The molecule has 7 nitrogen and oxygen atoms in total. The third kappa shape index (κ3) is 3.30. The summed E-state index contributed by atoms with van der Waals surface area (Å²) >= 11 is 0. The second-order valence-corrected chi connectivity index (χ2v) is 5.73. The number of pyridine rings is 1. The van der Waals surface area contributed by atoms with Gasteiger partial charge in [0.1, 0.15) is 23.8 Å². The summed E-state index contributed by atoms with van der Waals surface area (Å²) in [6.07, 6.45) is 1.73. The van der Waals surface area contributed by atoms with Crippen LogP contribution < -0.4 is 9.47 Å². The van der Waals surface area contributed by atoms with E-state index in [1.54, 1.807) is 26.4 Å². The molecule has 1 saturated heterocycles. The maximum absolute atomic E-state index is 10.9. The van der Waals surface area contributed by atoms with E-state index in [2.05, 4.69) is 4.90 Å². The molecule has 0 aliphatic carbocycles. The van der Waals surface area contributed by atoms with Gasteiger partial charge in [-0.25, -0.2) is 0 Å². The highest BCUT2D eigenvalue weighted by molar-refractivity contribution is 5.44. The predicted molar refractivity (Wildman–Crippen MR) is 77.3 cm³/mol. The SMILES string of the molecule is COC(C)(C)C1CN(c2ccc([N+](=O)[O-])[n+](C)c2)CCO1. The van der Waals surface area contributed by atoms with Gasteiger partial charge in [0, 0.05) is 20.2 Å². The van der Waals surface area contributed by atoms with Crippen LogP contribution in [0.1, 0.15) is 13.8 Å². The Balaban J connectivity index is 2.18. The lowest BCUT2D eigenvalue weighted by molar-refractivity contribution is -0.715. The van der Waals surface area contributed by atoms with Crippen LogP contribution in [0.4, 0.5) is 11.5 Å². The Morgan fingerprint density at radius 2 is 2.24 bits per heavy atom. The highest BCUT2D eigenvalue weighted by atomic mass is 16.6. The molecule has 116 valence electrons. The van der Waals surface area contributed by atoms with Gasteiger partial charge in [-0.15, -0.1) is 4.57 Å². The average Bonchev–Trinajstić information content (AvgIpc) is 2.47. The molecule has 1 atom stereocenters. The van der Waals surface area contributed by atoms with E-state index in [0.29, 0.717) is 13.2 Å². The van der Waals surface area contributed by atoms with Crippen molar-refractivity contribution in [1.29, 1.82) is 0 Å². The normalized spacial score (nSPS) is 19.6. The molecule has 2 rings (SSSR count). The predicted octanol–water partition coefficient (Wildman–Crippen LogP) is 1.05. The number of hydrogen-bond acceptors (Lipinski definition) is 5. The number of aryl methyl sites for hydroxylation is 1. The van der Waals surface area contributed by atoms with Crippen molar-refractivity contribution >= 4 is 11.5 Å². The molecule has 2 heterocycles. The largest absolute Gasteiger partial charge is 0.501 e. The van der Waals surface area contributed by atoms with Crippen molar-refractivity contribution in [2.45, 2.75) is 25.6 Å². The lowest BCUT2D eigenvalue weighted by Gasteiger charge is -2.40. The fraction of sp³-hybridized carbons (Fsp3) is 0.643. The molecule has 1 unspecified atom stereocenters. The van der Waals surface area contributed by atoms with Crippen LogP contribution in [0.3, 0.4) is 0 Å². The van der Waals surface area contributed by atoms with Gasteiger partial charge in [-0.3, -0.25) is 10.1 Å². The topological polar surface area (TPSA) is 68.7 Å². The number of nitrogens with zero attached hydrogens (tertiary/aromatic N) is 3. The fourth-order valence-corrected chi connectivity index (χ4v) is 2.40. The molecular weight excluding hydrogens is 274 g/mol. The van der Waals surface area contributed by atoms with Crippen LogP contribution in [0, 0.1) is 10.1 Å². The molecule has 1 fully saturated rings. The molecular formula is C14H22N3O4+. The molecule has 0 N–H and O–H groups in total. The highest BCUT2D eigenvalue weighted by Crippen LogP contribution is 2.24.